The molecule has 0 saturated carbocycles. The first kappa shape index (κ1) is 17.8. The van der Waals surface area contributed by atoms with E-state index in [4.69, 9.17) is 4.74 Å². The van der Waals surface area contributed by atoms with Crippen LogP contribution in [0.15, 0.2) is 65.7 Å². The highest BCUT2D eigenvalue weighted by Crippen LogP contribution is 2.27. The molecule has 5 aromatic rings. The SMILES string of the molecule is COc1cnc2nc3c4ccccc4c(=O)n(-c4ccc([N+](=O)OC)cc4)c3n2c1. The third kappa shape index (κ3) is 2.52. The van der Waals surface area contributed by atoms with E-state index >= 15 is 0 Å². The molecule has 0 N–H and O–H groups in total. The van der Waals surface area contributed by atoms with Crippen LogP contribution in [0.1, 0.15) is 0 Å². The van der Waals surface area contributed by atoms with Crippen LogP contribution >= 0.6 is 0 Å². The van der Waals surface area contributed by atoms with Gasteiger partial charge < -0.3 is 4.74 Å². The maximum Gasteiger partial charge on any atom is 0.316 e. The van der Waals surface area contributed by atoms with Gasteiger partial charge in [0.25, 0.3) is 10.5 Å². The molecule has 30 heavy (non-hydrogen) atoms. The van der Waals surface area contributed by atoms with Crippen molar-refractivity contribution in [2.75, 3.05) is 14.2 Å². The summed E-state index contributed by atoms with van der Waals surface area (Å²) in [5, 5.41) is 1.27. The van der Waals surface area contributed by atoms with Crippen molar-refractivity contribution in [3.63, 3.8) is 0 Å². The number of ether oxygens (including phenoxy) is 1. The second-order valence-electron chi connectivity index (χ2n) is 6.59. The van der Waals surface area contributed by atoms with Gasteiger partial charge in [-0.15, -0.1) is 0 Å². The minimum atomic E-state index is -0.207. The molecule has 0 aliphatic heterocycles. The minimum Gasteiger partial charge on any atom is -0.494 e. The first-order valence-electron chi connectivity index (χ1n) is 9.09. The van der Waals surface area contributed by atoms with Crippen molar-refractivity contribution in [1.82, 2.24) is 18.9 Å². The molecule has 0 saturated heterocycles. The molecule has 0 unspecified atom stereocenters. The van der Waals surface area contributed by atoms with Gasteiger partial charge in [-0.2, -0.15) is 0 Å². The van der Waals surface area contributed by atoms with Crippen LogP contribution in [0.25, 0.3) is 33.4 Å². The number of aromatic nitrogens is 4. The van der Waals surface area contributed by atoms with Crippen molar-refractivity contribution in [3.8, 4) is 11.4 Å². The Morgan fingerprint density at radius 3 is 2.43 bits per heavy atom. The van der Waals surface area contributed by atoms with Gasteiger partial charge in [0.1, 0.15) is 5.52 Å². The van der Waals surface area contributed by atoms with Gasteiger partial charge >= 0.3 is 5.69 Å². The minimum absolute atomic E-state index is 0.207. The van der Waals surface area contributed by atoms with E-state index in [-0.39, 0.29) is 5.56 Å². The van der Waals surface area contributed by atoms with Crippen molar-refractivity contribution >= 4 is 33.4 Å². The van der Waals surface area contributed by atoms with E-state index in [2.05, 4.69) is 14.8 Å². The molecule has 0 atom stereocenters. The molecule has 0 radical (unpaired) electrons. The van der Waals surface area contributed by atoms with Crippen molar-refractivity contribution in [1.29, 1.82) is 0 Å². The molecule has 5 rings (SSSR count). The summed E-state index contributed by atoms with van der Waals surface area (Å²) in [5.74, 6) is 0.975. The lowest BCUT2D eigenvalue weighted by Crippen LogP contribution is -2.20. The van der Waals surface area contributed by atoms with Crippen LogP contribution in [0.2, 0.25) is 0 Å². The number of pyridine rings is 1. The molecule has 0 aliphatic carbocycles. The predicted molar refractivity (Wildman–Crippen MR) is 110 cm³/mol. The quantitative estimate of drug-likeness (QED) is 0.429. The van der Waals surface area contributed by atoms with Crippen LogP contribution in [0.3, 0.4) is 0 Å². The normalized spacial score (nSPS) is 11.3. The Morgan fingerprint density at radius 2 is 1.73 bits per heavy atom. The summed E-state index contributed by atoms with van der Waals surface area (Å²) in [6.07, 6.45) is 3.31. The molecule has 0 spiro atoms. The van der Waals surface area contributed by atoms with Gasteiger partial charge in [-0.25, -0.2) is 14.8 Å². The highest BCUT2D eigenvalue weighted by atomic mass is 16.8. The lowest BCUT2D eigenvalue weighted by Gasteiger charge is -2.11. The summed E-state index contributed by atoms with van der Waals surface area (Å²) in [7, 11) is 2.84. The number of imidazole rings is 1. The fourth-order valence-corrected chi connectivity index (χ4v) is 3.57. The summed E-state index contributed by atoms with van der Waals surface area (Å²) < 4.78 is 8.59. The lowest BCUT2D eigenvalue weighted by atomic mass is 10.1. The monoisotopic (exact) mass is 402 g/mol. The number of fused-ring (bicyclic) bond motifs is 5. The van der Waals surface area contributed by atoms with Crippen LogP contribution in [-0.2, 0) is 4.84 Å². The maximum atomic E-state index is 13.5. The number of hydrogen-bond acceptors (Lipinski definition) is 6. The molecule has 3 aromatic heterocycles. The third-order valence-electron chi connectivity index (χ3n) is 4.98. The fraction of sp³-hybridized carbons (Fsp3) is 0.0952. The Labute approximate surface area is 169 Å². The van der Waals surface area contributed by atoms with Crippen molar-refractivity contribution in [3.05, 3.63) is 76.2 Å². The zero-order valence-corrected chi connectivity index (χ0v) is 16.1. The Kier molecular flexibility index (Phi) is 3.95. The van der Waals surface area contributed by atoms with Crippen molar-refractivity contribution in [2.45, 2.75) is 0 Å². The number of nitrogens with zero attached hydrogens (tertiary/aromatic N) is 5. The average molecular weight is 402 g/mol. The van der Waals surface area contributed by atoms with Crippen molar-refractivity contribution < 1.29 is 14.5 Å². The predicted octanol–water partition coefficient (Wildman–Crippen LogP) is 3.17. The fourth-order valence-electron chi connectivity index (χ4n) is 3.57. The van der Waals surface area contributed by atoms with Gasteiger partial charge in [-0.05, 0) is 18.2 Å². The molecule has 9 heteroatoms. The van der Waals surface area contributed by atoms with Crippen LogP contribution in [0.4, 0.5) is 5.69 Å². The maximum absolute atomic E-state index is 13.5. The van der Waals surface area contributed by atoms with E-state index in [0.29, 0.717) is 44.4 Å². The zero-order chi connectivity index (χ0) is 20.8. The smallest absolute Gasteiger partial charge is 0.316 e. The first-order valence-corrected chi connectivity index (χ1v) is 9.09. The van der Waals surface area contributed by atoms with Gasteiger partial charge in [0, 0.05) is 22.9 Å². The molecule has 0 bridgehead atoms. The standard InChI is InChI=1S/C21H16N5O4/c1-29-15-11-22-21-23-18-16-5-3-4-6-17(16)20(27)25(19(18)24(21)12-15)13-7-9-14(10-8-13)26(28)30-2/h3-12H,1-2H3/q+1. The number of hydrogen-bond donors (Lipinski definition) is 0. The summed E-state index contributed by atoms with van der Waals surface area (Å²) in [5.41, 5.74) is 1.87. The summed E-state index contributed by atoms with van der Waals surface area (Å²) in [4.78, 5) is 39.3. The summed E-state index contributed by atoms with van der Waals surface area (Å²) in [6, 6.07) is 13.8. The van der Waals surface area contributed by atoms with Crippen LogP contribution in [0, 0.1) is 4.91 Å². The molecule has 2 aromatic carbocycles. The largest absolute Gasteiger partial charge is 0.494 e. The molecular weight excluding hydrogens is 386 g/mol. The van der Waals surface area contributed by atoms with Gasteiger partial charge in [-0.1, -0.05) is 18.2 Å². The molecule has 0 fully saturated rings. The van der Waals surface area contributed by atoms with E-state index in [0.717, 1.165) is 5.39 Å². The molecule has 3 heterocycles. The Morgan fingerprint density at radius 1 is 1.00 bits per heavy atom. The van der Waals surface area contributed by atoms with E-state index < -0.39 is 0 Å². The lowest BCUT2D eigenvalue weighted by molar-refractivity contribution is -0.736. The van der Waals surface area contributed by atoms with Crippen LogP contribution in [-0.4, -0.2) is 38.1 Å². The van der Waals surface area contributed by atoms with E-state index in [1.165, 1.54) is 7.11 Å². The van der Waals surface area contributed by atoms with Crippen LogP contribution in [0.5, 0.6) is 5.75 Å². The van der Waals surface area contributed by atoms with Gasteiger partial charge in [0.05, 0.1) is 30.1 Å². The van der Waals surface area contributed by atoms with Crippen molar-refractivity contribution in [2.24, 2.45) is 0 Å². The highest BCUT2D eigenvalue weighted by molar-refractivity contribution is 6.04. The molecular formula is C21H16N5O4+. The summed E-state index contributed by atoms with van der Waals surface area (Å²) in [6.45, 7) is 0. The Hall–Kier alpha value is -4.27. The van der Waals surface area contributed by atoms with Crippen LogP contribution < -0.4 is 10.3 Å². The molecule has 148 valence electrons. The second kappa shape index (κ2) is 6.66. The Bertz CT molecular complexity index is 1500. The first-order chi connectivity index (χ1) is 14.6. The molecule has 0 aliphatic rings. The van der Waals surface area contributed by atoms with Gasteiger partial charge in [0.15, 0.2) is 18.5 Å². The number of rotatable bonds is 4. The second-order valence-corrected chi connectivity index (χ2v) is 6.59. The molecule has 0 amide bonds. The van der Waals surface area contributed by atoms with E-state index in [9.17, 15) is 9.70 Å². The number of benzene rings is 2. The topological polar surface area (TPSA) is 90.7 Å². The molecule has 9 nitrogen and oxygen atoms in total. The summed E-state index contributed by atoms with van der Waals surface area (Å²) >= 11 is 0. The van der Waals surface area contributed by atoms with Gasteiger partial charge in [-0.3, -0.25) is 13.8 Å². The third-order valence-corrected chi connectivity index (χ3v) is 4.98. The Balaban J connectivity index is 1.93. The zero-order valence-electron chi connectivity index (χ0n) is 16.1. The van der Waals surface area contributed by atoms with E-state index in [1.54, 1.807) is 58.8 Å². The average Bonchev–Trinajstić information content (AvgIpc) is 3.18. The van der Waals surface area contributed by atoms with E-state index in [1.807, 2.05) is 18.2 Å². The number of methoxy groups -OCH3 is 1. The van der Waals surface area contributed by atoms with Gasteiger partial charge in [0.2, 0.25) is 5.78 Å². The highest BCUT2D eigenvalue weighted by Gasteiger charge is 2.20.